The van der Waals surface area contributed by atoms with Crippen LogP contribution in [0.25, 0.3) is 0 Å². The Hall–Kier alpha value is -2.41. The lowest BCUT2D eigenvalue weighted by Crippen LogP contribution is -2.33. The SMILES string of the molecule is O=C(CCCNC(=O)c1ccc(F)cc1)NC1CCOc2ccc(Br)cc21. The van der Waals surface area contributed by atoms with E-state index in [1.165, 1.54) is 24.3 Å². The first kappa shape index (κ1) is 19.4. The number of amides is 2. The van der Waals surface area contributed by atoms with E-state index in [9.17, 15) is 14.0 Å². The summed E-state index contributed by atoms with van der Waals surface area (Å²) < 4.78 is 19.4. The van der Waals surface area contributed by atoms with Crippen molar-refractivity contribution in [3.63, 3.8) is 0 Å². The van der Waals surface area contributed by atoms with Crippen LogP contribution in [-0.4, -0.2) is 25.0 Å². The Morgan fingerprint density at radius 3 is 2.74 bits per heavy atom. The summed E-state index contributed by atoms with van der Waals surface area (Å²) in [5.74, 6) is 0.0636. The molecule has 1 unspecified atom stereocenters. The first-order valence-electron chi connectivity index (χ1n) is 8.78. The summed E-state index contributed by atoms with van der Waals surface area (Å²) in [5, 5.41) is 5.77. The molecule has 2 amide bonds. The molecule has 1 atom stereocenters. The van der Waals surface area contributed by atoms with Gasteiger partial charge in [-0.25, -0.2) is 4.39 Å². The largest absolute Gasteiger partial charge is 0.493 e. The second-order valence-corrected chi connectivity index (χ2v) is 7.22. The van der Waals surface area contributed by atoms with Crippen LogP contribution in [0.5, 0.6) is 5.75 Å². The summed E-state index contributed by atoms with van der Waals surface area (Å²) in [6.45, 7) is 0.937. The number of ether oxygens (including phenoxy) is 1. The quantitative estimate of drug-likeness (QED) is 0.680. The van der Waals surface area contributed by atoms with E-state index in [1.54, 1.807) is 0 Å². The molecule has 27 heavy (non-hydrogen) atoms. The molecule has 7 heteroatoms. The molecule has 0 fully saturated rings. The number of nitrogens with one attached hydrogen (secondary N) is 2. The second kappa shape index (κ2) is 8.99. The van der Waals surface area contributed by atoms with Crippen LogP contribution in [0.3, 0.4) is 0 Å². The Balaban J connectivity index is 1.44. The van der Waals surface area contributed by atoms with E-state index in [0.29, 0.717) is 31.6 Å². The van der Waals surface area contributed by atoms with E-state index in [0.717, 1.165) is 22.2 Å². The molecule has 1 aliphatic heterocycles. The summed E-state index contributed by atoms with van der Waals surface area (Å²) in [6, 6.07) is 11.0. The minimum atomic E-state index is -0.384. The van der Waals surface area contributed by atoms with Crippen LogP contribution in [-0.2, 0) is 4.79 Å². The van der Waals surface area contributed by atoms with E-state index >= 15 is 0 Å². The lowest BCUT2D eigenvalue weighted by molar-refractivity contribution is -0.122. The molecule has 0 bridgehead atoms. The van der Waals surface area contributed by atoms with Gasteiger partial charge >= 0.3 is 0 Å². The smallest absolute Gasteiger partial charge is 0.251 e. The van der Waals surface area contributed by atoms with Crippen molar-refractivity contribution in [1.29, 1.82) is 0 Å². The van der Waals surface area contributed by atoms with E-state index < -0.39 is 0 Å². The summed E-state index contributed by atoms with van der Waals surface area (Å²) in [6.07, 6.45) is 1.55. The van der Waals surface area contributed by atoms with Crippen molar-refractivity contribution in [2.75, 3.05) is 13.2 Å². The van der Waals surface area contributed by atoms with Gasteiger partial charge in [-0.1, -0.05) is 15.9 Å². The zero-order valence-electron chi connectivity index (χ0n) is 14.6. The Morgan fingerprint density at radius 2 is 1.96 bits per heavy atom. The molecule has 0 aromatic heterocycles. The van der Waals surface area contributed by atoms with Gasteiger partial charge in [-0.15, -0.1) is 0 Å². The highest BCUT2D eigenvalue weighted by Gasteiger charge is 2.23. The Bertz CT molecular complexity index is 826. The number of hydrogen-bond donors (Lipinski definition) is 2. The minimum Gasteiger partial charge on any atom is -0.493 e. The zero-order valence-corrected chi connectivity index (χ0v) is 16.2. The maximum Gasteiger partial charge on any atom is 0.251 e. The summed E-state index contributed by atoms with van der Waals surface area (Å²) in [5.41, 5.74) is 1.36. The second-order valence-electron chi connectivity index (χ2n) is 6.31. The zero-order chi connectivity index (χ0) is 19.2. The number of carbonyl (C=O) groups excluding carboxylic acids is 2. The number of benzene rings is 2. The highest BCUT2D eigenvalue weighted by molar-refractivity contribution is 9.10. The molecule has 0 radical (unpaired) electrons. The van der Waals surface area contributed by atoms with Gasteiger partial charge in [-0.3, -0.25) is 9.59 Å². The molecule has 0 saturated carbocycles. The predicted octanol–water partition coefficient (Wildman–Crippen LogP) is 3.74. The average molecular weight is 435 g/mol. The molecule has 0 aliphatic carbocycles. The van der Waals surface area contributed by atoms with E-state index in [2.05, 4.69) is 26.6 Å². The highest BCUT2D eigenvalue weighted by atomic mass is 79.9. The first-order chi connectivity index (χ1) is 13.0. The molecule has 2 N–H and O–H groups in total. The Labute approximate surface area is 165 Å². The van der Waals surface area contributed by atoms with Gasteiger partial charge in [0.2, 0.25) is 5.91 Å². The van der Waals surface area contributed by atoms with Gasteiger partial charge in [0.1, 0.15) is 11.6 Å². The third-order valence-corrected chi connectivity index (χ3v) is 4.81. The fourth-order valence-corrected chi connectivity index (χ4v) is 3.31. The summed E-state index contributed by atoms with van der Waals surface area (Å²) in [7, 11) is 0. The molecule has 1 aliphatic rings. The van der Waals surface area contributed by atoms with Crippen molar-refractivity contribution in [3.8, 4) is 5.75 Å². The summed E-state index contributed by atoms with van der Waals surface area (Å²) in [4.78, 5) is 24.2. The molecule has 0 spiro atoms. The maximum atomic E-state index is 12.9. The number of carbonyl (C=O) groups is 2. The topological polar surface area (TPSA) is 67.4 Å². The van der Waals surface area contributed by atoms with Crippen LogP contribution < -0.4 is 15.4 Å². The molecule has 2 aromatic carbocycles. The van der Waals surface area contributed by atoms with Gasteiger partial charge in [0.25, 0.3) is 5.91 Å². The highest BCUT2D eigenvalue weighted by Crippen LogP contribution is 2.34. The Morgan fingerprint density at radius 1 is 1.19 bits per heavy atom. The maximum absolute atomic E-state index is 12.9. The van der Waals surface area contributed by atoms with Gasteiger partial charge in [0.15, 0.2) is 0 Å². The number of fused-ring (bicyclic) bond motifs is 1. The molecule has 0 saturated heterocycles. The third kappa shape index (κ3) is 5.29. The lowest BCUT2D eigenvalue weighted by atomic mass is 10.0. The van der Waals surface area contributed by atoms with Gasteiger partial charge in [0.05, 0.1) is 12.6 Å². The van der Waals surface area contributed by atoms with Crippen LogP contribution >= 0.6 is 15.9 Å². The van der Waals surface area contributed by atoms with Crippen LogP contribution in [0, 0.1) is 5.82 Å². The number of hydrogen-bond acceptors (Lipinski definition) is 3. The van der Waals surface area contributed by atoms with Crippen LogP contribution in [0.2, 0.25) is 0 Å². The number of halogens is 2. The molecule has 1 heterocycles. The molecule has 5 nitrogen and oxygen atoms in total. The van der Waals surface area contributed by atoms with Gasteiger partial charge in [0, 0.05) is 35.0 Å². The lowest BCUT2D eigenvalue weighted by Gasteiger charge is -2.27. The van der Waals surface area contributed by atoms with Crippen LogP contribution in [0.4, 0.5) is 4.39 Å². The Kier molecular flexibility index (Phi) is 6.45. The summed E-state index contributed by atoms with van der Waals surface area (Å²) >= 11 is 3.44. The van der Waals surface area contributed by atoms with E-state index in [-0.39, 0.29) is 23.7 Å². The van der Waals surface area contributed by atoms with Gasteiger partial charge < -0.3 is 15.4 Å². The molecular weight excluding hydrogens is 415 g/mol. The molecular formula is C20H20BrFN2O3. The minimum absolute atomic E-state index is 0.0659. The molecule has 142 valence electrons. The standard InChI is InChI=1S/C20H20BrFN2O3/c21-14-5-8-18-16(12-14)17(9-11-27-18)24-19(25)2-1-10-23-20(26)13-3-6-15(22)7-4-13/h3-8,12,17H,1-2,9-11H2,(H,23,26)(H,24,25). The molecule has 2 aromatic rings. The fourth-order valence-electron chi connectivity index (χ4n) is 2.94. The predicted molar refractivity (Wildman–Crippen MR) is 103 cm³/mol. The third-order valence-electron chi connectivity index (χ3n) is 4.32. The number of rotatable bonds is 6. The van der Waals surface area contributed by atoms with Crippen LogP contribution in [0.1, 0.15) is 41.2 Å². The van der Waals surface area contributed by atoms with Crippen molar-refractivity contribution in [3.05, 3.63) is 63.9 Å². The normalized spacial score (nSPS) is 15.4. The fraction of sp³-hybridized carbons (Fsp3) is 0.300. The van der Waals surface area contributed by atoms with E-state index in [4.69, 9.17) is 4.74 Å². The van der Waals surface area contributed by atoms with Crippen molar-refractivity contribution in [2.24, 2.45) is 0 Å². The monoisotopic (exact) mass is 434 g/mol. The van der Waals surface area contributed by atoms with Crippen molar-refractivity contribution in [2.45, 2.75) is 25.3 Å². The van der Waals surface area contributed by atoms with Crippen molar-refractivity contribution in [1.82, 2.24) is 10.6 Å². The average Bonchev–Trinajstić information content (AvgIpc) is 2.66. The van der Waals surface area contributed by atoms with Crippen molar-refractivity contribution < 1.29 is 18.7 Å². The first-order valence-corrected chi connectivity index (χ1v) is 9.57. The van der Waals surface area contributed by atoms with Crippen molar-refractivity contribution >= 4 is 27.7 Å². The van der Waals surface area contributed by atoms with Gasteiger partial charge in [-0.05, 0) is 48.9 Å². The van der Waals surface area contributed by atoms with E-state index in [1.807, 2.05) is 18.2 Å². The van der Waals surface area contributed by atoms with Gasteiger partial charge in [-0.2, -0.15) is 0 Å². The molecule has 3 rings (SSSR count). The van der Waals surface area contributed by atoms with Crippen LogP contribution in [0.15, 0.2) is 46.9 Å².